The van der Waals surface area contributed by atoms with Crippen molar-refractivity contribution in [3.05, 3.63) is 45.3 Å². The fourth-order valence-electron chi connectivity index (χ4n) is 2.84. The van der Waals surface area contributed by atoms with Gasteiger partial charge in [-0.15, -0.1) is 11.3 Å². The van der Waals surface area contributed by atoms with Crippen molar-refractivity contribution in [2.75, 3.05) is 11.9 Å². The Hall–Kier alpha value is -2.34. The molecule has 0 saturated heterocycles. The Kier molecular flexibility index (Phi) is 7.02. The highest BCUT2D eigenvalue weighted by Gasteiger charge is 2.25. The number of ether oxygens (including phenoxy) is 2. The van der Waals surface area contributed by atoms with Crippen LogP contribution in [0.15, 0.2) is 18.2 Å². The molecular formula is C21H27NO4S. The van der Waals surface area contributed by atoms with Crippen LogP contribution in [0.5, 0.6) is 5.75 Å². The monoisotopic (exact) mass is 389 g/mol. The van der Waals surface area contributed by atoms with E-state index in [9.17, 15) is 9.59 Å². The van der Waals surface area contributed by atoms with Crippen molar-refractivity contribution < 1.29 is 19.1 Å². The molecule has 1 atom stereocenters. The predicted octanol–water partition coefficient (Wildman–Crippen LogP) is 4.95. The van der Waals surface area contributed by atoms with Gasteiger partial charge in [-0.1, -0.05) is 13.0 Å². The lowest BCUT2D eigenvalue weighted by Gasteiger charge is -2.18. The molecule has 0 bridgehead atoms. The van der Waals surface area contributed by atoms with E-state index in [4.69, 9.17) is 9.47 Å². The molecular weight excluding hydrogens is 362 g/mol. The van der Waals surface area contributed by atoms with Gasteiger partial charge in [0.2, 0.25) is 0 Å². The minimum absolute atomic E-state index is 0.275. The zero-order valence-corrected chi connectivity index (χ0v) is 17.6. The van der Waals surface area contributed by atoms with Crippen LogP contribution in [0.2, 0.25) is 0 Å². The molecule has 2 aromatic rings. The first-order chi connectivity index (χ1) is 12.8. The summed E-state index contributed by atoms with van der Waals surface area (Å²) in [6, 6.07) is 5.87. The van der Waals surface area contributed by atoms with Gasteiger partial charge in [0.05, 0.1) is 12.2 Å². The number of amides is 1. The zero-order chi connectivity index (χ0) is 20.1. The molecule has 146 valence electrons. The maximum Gasteiger partial charge on any atom is 0.341 e. The smallest absolute Gasteiger partial charge is 0.341 e. The number of thiophene rings is 1. The number of aryl methyl sites for hydroxylation is 3. The summed E-state index contributed by atoms with van der Waals surface area (Å²) in [4.78, 5) is 26.0. The lowest BCUT2D eigenvalue weighted by atomic mass is 10.1. The molecule has 1 N–H and O–H groups in total. The molecule has 1 aromatic heterocycles. The molecule has 0 fully saturated rings. The topological polar surface area (TPSA) is 64.6 Å². The fraction of sp³-hybridized carbons (Fsp3) is 0.429. The quantitative estimate of drug-likeness (QED) is 0.680. The van der Waals surface area contributed by atoms with E-state index in [1.807, 2.05) is 46.8 Å². The van der Waals surface area contributed by atoms with E-state index in [1.165, 1.54) is 11.3 Å². The summed E-state index contributed by atoms with van der Waals surface area (Å²) in [7, 11) is 0. The summed E-state index contributed by atoms with van der Waals surface area (Å²) in [6.45, 7) is 11.7. The van der Waals surface area contributed by atoms with Crippen LogP contribution in [0.25, 0.3) is 0 Å². The maximum atomic E-state index is 12.8. The Bertz CT molecular complexity index is 821. The largest absolute Gasteiger partial charge is 0.481 e. The number of carbonyl (C=O) groups excluding carboxylic acids is 2. The number of hydrogen-bond donors (Lipinski definition) is 1. The van der Waals surface area contributed by atoms with Crippen molar-refractivity contribution in [2.24, 2.45) is 0 Å². The minimum Gasteiger partial charge on any atom is -0.481 e. The van der Waals surface area contributed by atoms with E-state index in [0.29, 0.717) is 22.7 Å². The standard InChI is InChI=1S/C21H27NO4S/c1-7-17(26-16-10-12(3)9-13(4)11-16)19(23)22-20-18(21(24)25-8-2)14(5)15(6)27-20/h9-11,17H,7-8H2,1-6H3,(H,22,23). The first kappa shape index (κ1) is 21.0. The maximum absolute atomic E-state index is 12.8. The van der Waals surface area contributed by atoms with E-state index < -0.39 is 12.1 Å². The van der Waals surface area contributed by atoms with Crippen molar-refractivity contribution in [2.45, 2.75) is 54.1 Å². The molecule has 0 aliphatic rings. The van der Waals surface area contributed by atoms with E-state index in [1.54, 1.807) is 6.92 Å². The van der Waals surface area contributed by atoms with E-state index >= 15 is 0 Å². The molecule has 0 spiro atoms. The first-order valence-corrected chi connectivity index (χ1v) is 9.91. The third-order valence-corrected chi connectivity index (χ3v) is 5.36. The molecule has 0 aliphatic heterocycles. The Morgan fingerprint density at radius 3 is 2.26 bits per heavy atom. The van der Waals surface area contributed by atoms with Gasteiger partial charge in [0.15, 0.2) is 6.10 Å². The Morgan fingerprint density at radius 1 is 1.07 bits per heavy atom. The lowest BCUT2D eigenvalue weighted by molar-refractivity contribution is -0.122. The SMILES string of the molecule is CCOC(=O)c1c(NC(=O)C(CC)Oc2cc(C)cc(C)c2)sc(C)c1C. The molecule has 1 unspecified atom stereocenters. The van der Waals surface area contributed by atoms with Gasteiger partial charge >= 0.3 is 5.97 Å². The Balaban J connectivity index is 2.22. The van der Waals surface area contributed by atoms with Gasteiger partial charge in [0, 0.05) is 4.88 Å². The number of benzene rings is 1. The van der Waals surface area contributed by atoms with E-state index in [0.717, 1.165) is 21.6 Å². The number of nitrogens with one attached hydrogen (secondary N) is 1. The molecule has 0 saturated carbocycles. The summed E-state index contributed by atoms with van der Waals surface area (Å²) in [5.74, 6) is -0.0277. The van der Waals surface area contributed by atoms with Gasteiger partial charge in [0.1, 0.15) is 10.8 Å². The normalized spacial score (nSPS) is 11.8. The molecule has 2 rings (SSSR count). The number of hydrogen-bond acceptors (Lipinski definition) is 5. The van der Waals surface area contributed by atoms with Gasteiger partial charge in [-0.25, -0.2) is 4.79 Å². The highest BCUT2D eigenvalue weighted by atomic mass is 32.1. The summed E-state index contributed by atoms with van der Waals surface area (Å²) in [5.41, 5.74) is 3.41. The summed E-state index contributed by atoms with van der Waals surface area (Å²) >= 11 is 1.37. The highest BCUT2D eigenvalue weighted by Crippen LogP contribution is 2.33. The first-order valence-electron chi connectivity index (χ1n) is 9.09. The second-order valence-electron chi connectivity index (χ2n) is 6.54. The van der Waals surface area contributed by atoms with Crippen molar-refractivity contribution in [1.82, 2.24) is 0 Å². The van der Waals surface area contributed by atoms with Crippen LogP contribution in [0.1, 0.15) is 52.2 Å². The van der Waals surface area contributed by atoms with Gasteiger partial charge in [-0.3, -0.25) is 4.79 Å². The zero-order valence-electron chi connectivity index (χ0n) is 16.8. The molecule has 0 radical (unpaired) electrons. The molecule has 1 amide bonds. The van der Waals surface area contributed by atoms with Crippen LogP contribution in [0.3, 0.4) is 0 Å². The van der Waals surface area contributed by atoms with Crippen LogP contribution in [0.4, 0.5) is 5.00 Å². The van der Waals surface area contributed by atoms with E-state index in [2.05, 4.69) is 11.4 Å². The van der Waals surface area contributed by atoms with Crippen LogP contribution in [-0.2, 0) is 9.53 Å². The summed E-state index contributed by atoms with van der Waals surface area (Å²) in [6.07, 6.45) is -0.138. The molecule has 6 heteroatoms. The molecule has 0 aliphatic carbocycles. The van der Waals surface area contributed by atoms with Gasteiger partial charge in [-0.05, 0) is 69.9 Å². The summed E-state index contributed by atoms with van der Waals surface area (Å²) in [5, 5.41) is 3.38. The number of esters is 1. The van der Waals surface area contributed by atoms with Crippen molar-refractivity contribution in [3.8, 4) is 5.75 Å². The number of carbonyl (C=O) groups is 2. The van der Waals surface area contributed by atoms with Crippen molar-refractivity contribution >= 4 is 28.2 Å². The van der Waals surface area contributed by atoms with Crippen molar-refractivity contribution in [3.63, 3.8) is 0 Å². The molecule has 1 aromatic carbocycles. The second kappa shape index (κ2) is 9.04. The van der Waals surface area contributed by atoms with Crippen molar-refractivity contribution in [1.29, 1.82) is 0 Å². The lowest BCUT2D eigenvalue weighted by Crippen LogP contribution is -2.32. The highest BCUT2D eigenvalue weighted by molar-refractivity contribution is 7.16. The van der Waals surface area contributed by atoms with Crippen LogP contribution in [0, 0.1) is 27.7 Å². The van der Waals surface area contributed by atoms with E-state index in [-0.39, 0.29) is 12.5 Å². The molecule has 27 heavy (non-hydrogen) atoms. The minimum atomic E-state index is -0.649. The second-order valence-corrected chi connectivity index (χ2v) is 7.76. The molecule has 5 nitrogen and oxygen atoms in total. The predicted molar refractivity (Wildman–Crippen MR) is 109 cm³/mol. The molecule has 1 heterocycles. The van der Waals surface area contributed by atoms with Crippen LogP contribution in [-0.4, -0.2) is 24.6 Å². The van der Waals surface area contributed by atoms with Crippen LogP contribution >= 0.6 is 11.3 Å². The van der Waals surface area contributed by atoms with Gasteiger partial charge < -0.3 is 14.8 Å². The van der Waals surface area contributed by atoms with Gasteiger partial charge in [0.25, 0.3) is 5.91 Å². The van der Waals surface area contributed by atoms with Crippen LogP contribution < -0.4 is 10.1 Å². The number of anilines is 1. The average molecular weight is 390 g/mol. The fourth-order valence-corrected chi connectivity index (χ4v) is 3.90. The third-order valence-electron chi connectivity index (χ3n) is 4.24. The number of rotatable bonds is 7. The Labute approximate surface area is 164 Å². The third kappa shape index (κ3) is 5.10. The Morgan fingerprint density at radius 2 is 1.70 bits per heavy atom. The average Bonchev–Trinajstić information content (AvgIpc) is 2.85. The summed E-state index contributed by atoms with van der Waals surface area (Å²) < 4.78 is 11.1. The van der Waals surface area contributed by atoms with Gasteiger partial charge in [-0.2, -0.15) is 0 Å².